The molecule has 2 heteroatoms. The third kappa shape index (κ3) is 25.2. The van der Waals surface area contributed by atoms with Crippen LogP contribution in [0.3, 0.4) is 0 Å². The first kappa shape index (κ1) is 26.2. The van der Waals surface area contributed by atoms with Gasteiger partial charge in [-0.2, -0.15) is 0 Å². The monoisotopic (exact) mass is 379 g/mol. The van der Waals surface area contributed by atoms with Crippen molar-refractivity contribution in [3.63, 3.8) is 0 Å². The number of carbonyl (C=O) groups is 1. The first-order chi connectivity index (χ1) is 13.3. The minimum Gasteiger partial charge on any atom is -0.370 e. The molecule has 0 fully saturated rings. The van der Waals surface area contributed by atoms with Crippen LogP contribution >= 0.6 is 0 Å². The topological polar surface area (TPSA) is 43.1 Å². The Morgan fingerprint density at radius 1 is 0.556 bits per heavy atom. The smallest absolute Gasteiger partial charge is 0.217 e. The summed E-state index contributed by atoms with van der Waals surface area (Å²) >= 11 is 0. The zero-order chi connectivity index (χ0) is 19.8. The van der Waals surface area contributed by atoms with Gasteiger partial charge in [0, 0.05) is 6.42 Å². The Kier molecular flexibility index (Phi) is 22.6. The van der Waals surface area contributed by atoms with Gasteiger partial charge in [-0.15, -0.1) is 0 Å². The fraction of sp³-hybridized carbons (Fsp3) is 0.880. The zero-order valence-corrected chi connectivity index (χ0v) is 18.5. The van der Waals surface area contributed by atoms with Crippen LogP contribution in [0, 0.1) is 0 Å². The Labute approximate surface area is 170 Å². The molecule has 0 saturated carbocycles. The number of hydrogen-bond acceptors (Lipinski definition) is 1. The van der Waals surface area contributed by atoms with Gasteiger partial charge in [0.05, 0.1) is 0 Å². The number of rotatable bonds is 22. The Hall–Kier alpha value is -0.790. The number of hydrogen-bond donors (Lipinski definition) is 1. The number of primary amides is 1. The summed E-state index contributed by atoms with van der Waals surface area (Å²) in [5.74, 6) is -0.184. The maximum Gasteiger partial charge on any atom is 0.217 e. The van der Waals surface area contributed by atoms with Crippen molar-refractivity contribution in [2.45, 2.75) is 142 Å². The van der Waals surface area contributed by atoms with E-state index in [1.54, 1.807) is 0 Å². The molecule has 0 aromatic rings. The molecule has 160 valence electrons. The van der Waals surface area contributed by atoms with Crippen LogP contribution in [-0.2, 0) is 4.79 Å². The maximum absolute atomic E-state index is 10.6. The van der Waals surface area contributed by atoms with E-state index in [1.165, 1.54) is 116 Å². The van der Waals surface area contributed by atoms with Gasteiger partial charge in [-0.1, -0.05) is 122 Å². The molecule has 0 rings (SSSR count). The second-order valence-electron chi connectivity index (χ2n) is 8.28. The molecule has 1 amide bonds. The third-order valence-corrected chi connectivity index (χ3v) is 5.43. The molecule has 0 aliphatic rings. The van der Waals surface area contributed by atoms with Gasteiger partial charge in [-0.05, 0) is 25.7 Å². The minimum atomic E-state index is -0.184. The molecule has 0 aromatic heterocycles. The summed E-state index contributed by atoms with van der Waals surface area (Å²) in [6.45, 7) is 2.29. The quantitative estimate of drug-likeness (QED) is 0.149. The van der Waals surface area contributed by atoms with E-state index in [-0.39, 0.29) is 5.91 Å². The summed E-state index contributed by atoms with van der Waals surface area (Å²) in [6, 6.07) is 0. The average molecular weight is 380 g/mol. The van der Waals surface area contributed by atoms with Crippen molar-refractivity contribution in [3.8, 4) is 0 Å². The van der Waals surface area contributed by atoms with Gasteiger partial charge >= 0.3 is 0 Å². The molecule has 0 atom stereocenters. The van der Waals surface area contributed by atoms with Crippen LogP contribution < -0.4 is 5.73 Å². The predicted molar refractivity (Wildman–Crippen MR) is 121 cm³/mol. The van der Waals surface area contributed by atoms with Crippen molar-refractivity contribution in [2.75, 3.05) is 0 Å². The van der Waals surface area contributed by atoms with Crippen LogP contribution in [0.5, 0.6) is 0 Å². The molecule has 0 radical (unpaired) electrons. The van der Waals surface area contributed by atoms with Crippen LogP contribution in [0.15, 0.2) is 12.2 Å². The van der Waals surface area contributed by atoms with Crippen molar-refractivity contribution < 1.29 is 4.79 Å². The molecule has 0 unspecified atom stereocenters. The lowest BCUT2D eigenvalue weighted by molar-refractivity contribution is -0.118. The van der Waals surface area contributed by atoms with Crippen LogP contribution in [0.1, 0.15) is 142 Å². The van der Waals surface area contributed by atoms with Crippen molar-refractivity contribution >= 4 is 5.91 Å². The fourth-order valence-electron chi connectivity index (χ4n) is 3.62. The van der Waals surface area contributed by atoms with Gasteiger partial charge in [-0.25, -0.2) is 0 Å². The van der Waals surface area contributed by atoms with Crippen molar-refractivity contribution in [3.05, 3.63) is 12.2 Å². The largest absolute Gasteiger partial charge is 0.370 e. The van der Waals surface area contributed by atoms with E-state index in [1.807, 2.05) is 0 Å². The number of nitrogens with two attached hydrogens (primary N) is 1. The lowest BCUT2D eigenvalue weighted by Gasteiger charge is -2.03. The molecular weight excluding hydrogens is 330 g/mol. The van der Waals surface area contributed by atoms with Gasteiger partial charge in [0.15, 0.2) is 0 Å². The maximum atomic E-state index is 10.6. The summed E-state index contributed by atoms with van der Waals surface area (Å²) in [7, 11) is 0. The second-order valence-corrected chi connectivity index (χ2v) is 8.28. The minimum absolute atomic E-state index is 0.184. The highest BCUT2D eigenvalue weighted by molar-refractivity contribution is 5.73. The number of unbranched alkanes of at least 4 members (excludes halogenated alkanes) is 18. The Bertz CT molecular complexity index is 324. The summed E-state index contributed by atoms with van der Waals surface area (Å²) in [6.07, 6.45) is 32.3. The highest BCUT2D eigenvalue weighted by Crippen LogP contribution is 2.14. The van der Waals surface area contributed by atoms with E-state index >= 15 is 0 Å². The van der Waals surface area contributed by atoms with E-state index < -0.39 is 0 Å². The zero-order valence-electron chi connectivity index (χ0n) is 18.5. The molecule has 0 saturated heterocycles. The summed E-state index contributed by atoms with van der Waals surface area (Å²) in [5, 5.41) is 0. The SMILES string of the molecule is CCCCCCCCCCCCCCCCCCCC=CCCCC(N)=O. The van der Waals surface area contributed by atoms with Crippen molar-refractivity contribution in [1.82, 2.24) is 0 Å². The highest BCUT2D eigenvalue weighted by Gasteiger charge is 1.95. The average Bonchev–Trinajstić information content (AvgIpc) is 2.65. The Balaban J connectivity index is 3.05. The number of allylic oxidation sites excluding steroid dienone is 2. The fourth-order valence-corrected chi connectivity index (χ4v) is 3.62. The van der Waals surface area contributed by atoms with Crippen LogP contribution in [0.25, 0.3) is 0 Å². The van der Waals surface area contributed by atoms with E-state index in [0.717, 1.165) is 12.8 Å². The van der Waals surface area contributed by atoms with Gasteiger partial charge in [0.25, 0.3) is 0 Å². The highest BCUT2D eigenvalue weighted by atomic mass is 16.1. The van der Waals surface area contributed by atoms with Crippen LogP contribution in [0.2, 0.25) is 0 Å². The lowest BCUT2D eigenvalue weighted by atomic mass is 10.0. The molecule has 0 spiro atoms. The first-order valence-electron chi connectivity index (χ1n) is 12.2. The lowest BCUT2D eigenvalue weighted by Crippen LogP contribution is -2.09. The van der Waals surface area contributed by atoms with Crippen molar-refractivity contribution in [2.24, 2.45) is 5.73 Å². The number of amides is 1. The van der Waals surface area contributed by atoms with Crippen molar-refractivity contribution in [1.29, 1.82) is 0 Å². The molecule has 2 N–H and O–H groups in total. The summed E-state index contributed by atoms with van der Waals surface area (Å²) < 4.78 is 0. The Morgan fingerprint density at radius 3 is 1.26 bits per heavy atom. The van der Waals surface area contributed by atoms with Gasteiger partial charge < -0.3 is 5.73 Å². The molecule has 0 heterocycles. The third-order valence-electron chi connectivity index (χ3n) is 5.43. The van der Waals surface area contributed by atoms with Crippen LogP contribution in [-0.4, -0.2) is 5.91 Å². The van der Waals surface area contributed by atoms with Crippen LogP contribution in [0.4, 0.5) is 0 Å². The molecule has 27 heavy (non-hydrogen) atoms. The molecule has 0 aromatic carbocycles. The molecule has 2 nitrogen and oxygen atoms in total. The second kappa shape index (κ2) is 23.2. The van der Waals surface area contributed by atoms with E-state index in [4.69, 9.17) is 5.73 Å². The molecule has 0 bridgehead atoms. The Morgan fingerprint density at radius 2 is 0.889 bits per heavy atom. The van der Waals surface area contributed by atoms with Gasteiger partial charge in [0.2, 0.25) is 5.91 Å². The number of carbonyl (C=O) groups excluding carboxylic acids is 1. The molecule has 0 aliphatic carbocycles. The van der Waals surface area contributed by atoms with E-state index in [0.29, 0.717) is 6.42 Å². The molecule has 0 aliphatic heterocycles. The van der Waals surface area contributed by atoms with Gasteiger partial charge in [0.1, 0.15) is 0 Å². The summed E-state index contributed by atoms with van der Waals surface area (Å²) in [5.41, 5.74) is 5.12. The molecular formula is C25H49NO. The van der Waals surface area contributed by atoms with E-state index in [2.05, 4.69) is 19.1 Å². The van der Waals surface area contributed by atoms with Gasteiger partial charge in [-0.3, -0.25) is 4.79 Å². The first-order valence-corrected chi connectivity index (χ1v) is 12.2. The normalized spacial score (nSPS) is 11.4. The summed E-state index contributed by atoms with van der Waals surface area (Å²) in [4.78, 5) is 10.6. The predicted octanol–water partition coefficient (Wildman–Crippen LogP) is 8.24. The van der Waals surface area contributed by atoms with E-state index in [9.17, 15) is 4.79 Å². The standard InChI is InChI=1S/C25H49NO/c1-2-3-4-5-6-7-8-9-10-11-12-13-14-15-16-17-18-19-20-21-22-23-24-25(26)27/h20-21H,2-19,22-24H2,1H3,(H2,26,27).